The van der Waals surface area contributed by atoms with E-state index >= 15 is 0 Å². The van der Waals surface area contributed by atoms with Gasteiger partial charge in [-0.3, -0.25) is 5.32 Å². The number of hydrogen-bond donors (Lipinski definition) is 1. The van der Waals surface area contributed by atoms with Gasteiger partial charge in [0, 0.05) is 13.5 Å². The number of alkyl carbamates (subject to hydrolysis) is 1. The Morgan fingerprint density at radius 2 is 1.38 bits per heavy atom. The Morgan fingerprint density at radius 1 is 0.793 bits per heavy atom. The quantitative estimate of drug-likeness (QED) is 0.537. The Morgan fingerprint density at radius 3 is 1.97 bits per heavy atom. The molecule has 3 aromatic rings. The van der Waals surface area contributed by atoms with Crippen LogP contribution in [0.15, 0.2) is 84.9 Å². The number of nitrogens with one attached hydrogen (secondary N) is 1. The molecule has 1 unspecified atom stereocenters. The van der Waals surface area contributed by atoms with Crippen LogP contribution in [0.5, 0.6) is 5.75 Å². The second-order valence-corrected chi connectivity index (χ2v) is 6.55. The van der Waals surface area contributed by atoms with E-state index < -0.39 is 12.3 Å². The molecule has 0 fully saturated rings. The highest BCUT2D eigenvalue weighted by atomic mass is 16.6. The Kier molecular flexibility index (Phi) is 7.66. The highest BCUT2D eigenvalue weighted by Gasteiger charge is 2.13. The fraction of sp³-hybridized carbons (Fsp3) is 0.208. The lowest BCUT2D eigenvalue weighted by Crippen LogP contribution is -2.38. The van der Waals surface area contributed by atoms with E-state index in [-0.39, 0.29) is 6.61 Å². The Bertz CT molecular complexity index is 866. The predicted molar refractivity (Wildman–Crippen MR) is 111 cm³/mol. The first-order valence-corrected chi connectivity index (χ1v) is 9.48. The zero-order valence-corrected chi connectivity index (χ0v) is 16.4. The molecule has 0 aromatic heterocycles. The molecule has 1 amide bonds. The average molecular weight is 391 g/mol. The first-order valence-electron chi connectivity index (χ1n) is 9.48. The van der Waals surface area contributed by atoms with Gasteiger partial charge in [-0.2, -0.15) is 0 Å². The lowest BCUT2D eigenvalue weighted by Gasteiger charge is -2.17. The van der Waals surface area contributed by atoms with Crippen molar-refractivity contribution in [2.24, 2.45) is 0 Å². The lowest BCUT2D eigenvalue weighted by atomic mass is 10.1. The van der Waals surface area contributed by atoms with Crippen molar-refractivity contribution < 1.29 is 19.0 Å². The standard InChI is InChI=1S/C24H25NO4/c1-27-23(25-24(26)29-18-21-10-6-3-7-11-21)16-19-12-14-22(15-13-19)28-17-20-8-4-2-5-9-20/h2-15,23H,16-18H2,1H3,(H,25,26). The van der Waals surface area contributed by atoms with Crippen LogP contribution in [0.3, 0.4) is 0 Å². The molecule has 0 saturated carbocycles. The van der Waals surface area contributed by atoms with Gasteiger partial charge >= 0.3 is 6.09 Å². The third-order valence-corrected chi connectivity index (χ3v) is 4.37. The van der Waals surface area contributed by atoms with Crippen LogP contribution in [-0.2, 0) is 29.1 Å². The molecule has 5 heteroatoms. The summed E-state index contributed by atoms with van der Waals surface area (Å²) in [6, 6.07) is 27.3. The average Bonchev–Trinajstić information content (AvgIpc) is 2.78. The van der Waals surface area contributed by atoms with E-state index in [2.05, 4.69) is 5.32 Å². The lowest BCUT2D eigenvalue weighted by molar-refractivity contribution is 0.0600. The maximum Gasteiger partial charge on any atom is 0.409 e. The summed E-state index contributed by atoms with van der Waals surface area (Å²) in [4.78, 5) is 12.0. The van der Waals surface area contributed by atoms with Crippen LogP contribution in [0, 0.1) is 0 Å². The summed E-state index contributed by atoms with van der Waals surface area (Å²) in [5.74, 6) is 0.793. The summed E-state index contributed by atoms with van der Waals surface area (Å²) < 4.78 is 16.4. The van der Waals surface area contributed by atoms with E-state index in [4.69, 9.17) is 14.2 Å². The Hall–Kier alpha value is -3.31. The molecule has 0 bridgehead atoms. The number of carbonyl (C=O) groups is 1. The molecule has 0 radical (unpaired) electrons. The van der Waals surface area contributed by atoms with Crippen molar-refractivity contribution in [3.63, 3.8) is 0 Å². The SMILES string of the molecule is COC(Cc1ccc(OCc2ccccc2)cc1)NC(=O)OCc1ccccc1. The van der Waals surface area contributed by atoms with E-state index in [0.717, 1.165) is 22.4 Å². The van der Waals surface area contributed by atoms with Gasteiger partial charge in [-0.25, -0.2) is 4.79 Å². The van der Waals surface area contributed by atoms with Crippen LogP contribution in [-0.4, -0.2) is 19.4 Å². The van der Waals surface area contributed by atoms with Gasteiger partial charge < -0.3 is 14.2 Å². The summed E-state index contributed by atoms with van der Waals surface area (Å²) >= 11 is 0. The number of hydrogen-bond acceptors (Lipinski definition) is 4. The first kappa shape index (κ1) is 20.4. The van der Waals surface area contributed by atoms with Crippen molar-refractivity contribution >= 4 is 6.09 Å². The molecular formula is C24H25NO4. The van der Waals surface area contributed by atoms with Crippen LogP contribution in [0.1, 0.15) is 16.7 Å². The van der Waals surface area contributed by atoms with Crippen LogP contribution < -0.4 is 10.1 Å². The molecule has 0 aliphatic rings. The van der Waals surface area contributed by atoms with Gasteiger partial charge in [0.2, 0.25) is 0 Å². The molecule has 0 aliphatic carbocycles. The van der Waals surface area contributed by atoms with E-state index in [1.54, 1.807) is 7.11 Å². The Labute approximate surface area is 171 Å². The number of benzene rings is 3. The zero-order chi connectivity index (χ0) is 20.3. The zero-order valence-electron chi connectivity index (χ0n) is 16.4. The van der Waals surface area contributed by atoms with Gasteiger partial charge in [0.25, 0.3) is 0 Å². The fourth-order valence-corrected chi connectivity index (χ4v) is 2.77. The molecule has 5 nitrogen and oxygen atoms in total. The van der Waals surface area contributed by atoms with E-state index in [9.17, 15) is 4.79 Å². The van der Waals surface area contributed by atoms with Gasteiger partial charge in [-0.05, 0) is 28.8 Å². The number of carbonyl (C=O) groups excluding carboxylic acids is 1. The second kappa shape index (κ2) is 10.9. The van der Waals surface area contributed by atoms with Crippen molar-refractivity contribution in [1.29, 1.82) is 0 Å². The minimum absolute atomic E-state index is 0.219. The van der Waals surface area contributed by atoms with Crippen molar-refractivity contribution in [2.45, 2.75) is 25.9 Å². The van der Waals surface area contributed by atoms with Crippen LogP contribution in [0.25, 0.3) is 0 Å². The van der Waals surface area contributed by atoms with Crippen molar-refractivity contribution in [1.82, 2.24) is 5.32 Å². The summed E-state index contributed by atoms with van der Waals surface area (Å²) in [7, 11) is 1.56. The Balaban J connectivity index is 1.45. The third-order valence-electron chi connectivity index (χ3n) is 4.37. The molecule has 3 rings (SSSR count). The van der Waals surface area contributed by atoms with E-state index in [1.807, 2.05) is 84.9 Å². The minimum Gasteiger partial charge on any atom is -0.489 e. The number of amides is 1. The largest absolute Gasteiger partial charge is 0.489 e. The molecule has 0 heterocycles. The van der Waals surface area contributed by atoms with E-state index in [0.29, 0.717) is 13.0 Å². The monoisotopic (exact) mass is 391 g/mol. The minimum atomic E-state index is -0.511. The van der Waals surface area contributed by atoms with Gasteiger partial charge in [0.1, 0.15) is 25.2 Å². The molecule has 0 saturated heterocycles. The number of ether oxygens (including phenoxy) is 3. The third kappa shape index (κ3) is 6.97. The molecule has 1 N–H and O–H groups in total. The van der Waals surface area contributed by atoms with Crippen LogP contribution in [0.2, 0.25) is 0 Å². The molecule has 29 heavy (non-hydrogen) atoms. The number of rotatable bonds is 9. The topological polar surface area (TPSA) is 56.8 Å². The van der Waals surface area contributed by atoms with Crippen LogP contribution >= 0.6 is 0 Å². The molecule has 0 aliphatic heterocycles. The normalized spacial score (nSPS) is 11.5. The van der Waals surface area contributed by atoms with Crippen molar-refractivity contribution in [3.05, 3.63) is 102 Å². The van der Waals surface area contributed by atoms with Gasteiger partial charge in [-0.1, -0.05) is 72.8 Å². The fourth-order valence-electron chi connectivity index (χ4n) is 2.77. The van der Waals surface area contributed by atoms with Gasteiger partial charge in [0.05, 0.1) is 0 Å². The van der Waals surface area contributed by atoms with Crippen molar-refractivity contribution in [2.75, 3.05) is 7.11 Å². The molecule has 3 aromatic carbocycles. The summed E-state index contributed by atoms with van der Waals surface area (Å²) in [5.41, 5.74) is 3.07. The van der Waals surface area contributed by atoms with Crippen molar-refractivity contribution in [3.8, 4) is 5.75 Å². The van der Waals surface area contributed by atoms with E-state index in [1.165, 1.54) is 0 Å². The molecule has 1 atom stereocenters. The smallest absolute Gasteiger partial charge is 0.409 e. The maximum absolute atomic E-state index is 12.0. The molecule has 150 valence electrons. The molecular weight excluding hydrogens is 366 g/mol. The summed E-state index contributed by atoms with van der Waals surface area (Å²) in [6.45, 7) is 0.742. The highest BCUT2D eigenvalue weighted by Crippen LogP contribution is 2.15. The second-order valence-electron chi connectivity index (χ2n) is 6.55. The first-order chi connectivity index (χ1) is 14.2. The maximum atomic E-state index is 12.0. The summed E-state index contributed by atoms with van der Waals surface area (Å²) in [6.07, 6.45) is -0.464. The predicted octanol–water partition coefficient (Wildman–Crippen LogP) is 4.71. The highest BCUT2D eigenvalue weighted by molar-refractivity contribution is 5.67. The molecule has 0 spiro atoms. The number of methoxy groups -OCH3 is 1. The summed E-state index contributed by atoms with van der Waals surface area (Å²) in [5, 5.41) is 2.73. The van der Waals surface area contributed by atoms with Crippen LogP contribution in [0.4, 0.5) is 4.79 Å². The van der Waals surface area contributed by atoms with Gasteiger partial charge in [0.15, 0.2) is 0 Å². The van der Waals surface area contributed by atoms with Gasteiger partial charge in [-0.15, -0.1) is 0 Å².